The van der Waals surface area contributed by atoms with Crippen molar-refractivity contribution in [1.29, 1.82) is 0 Å². The van der Waals surface area contributed by atoms with E-state index in [1.54, 1.807) is 18.2 Å². The first-order valence-electron chi connectivity index (χ1n) is 11.8. The third-order valence-electron chi connectivity index (χ3n) is 6.78. The lowest BCUT2D eigenvalue weighted by atomic mass is 10.1. The maximum Gasteiger partial charge on any atom is 0.338 e. The van der Waals surface area contributed by atoms with E-state index in [0.29, 0.717) is 11.1 Å². The van der Waals surface area contributed by atoms with E-state index in [-0.39, 0.29) is 5.63 Å². The number of anilines is 1. The molecular formula is C27H29N3O4. The van der Waals surface area contributed by atoms with Gasteiger partial charge in [0.25, 0.3) is 0 Å². The smallest absolute Gasteiger partial charge is 0.338 e. The van der Waals surface area contributed by atoms with E-state index in [1.165, 1.54) is 5.56 Å². The van der Waals surface area contributed by atoms with E-state index < -0.39 is 5.97 Å². The standard InChI is InChI=1S/C27H29N3O4/c1-18-5-7-22-24(16-26(31)34-25(22)14-18)30-12-10-29(11-13-30)9-3-2-4-20-17-28-23-15-19(27(32)33)6-8-21(20)23/h5-8,14-17,28H,2-4,9-13H2,1H3,(H,32,33). The van der Waals surface area contributed by atoms with Gasteiger partial charge in [-0.2, -0.15) is 0 Å². The minimum absolute atomic E-state index is 0.299. The van der Waals surface area contributed by atoms with Crippen LogP contribution >= 0.6 is 0 Å². The summed E-state index contributed by atoms with van der Waals surface area (Å²) >= 11 is 0. The molecule has 1 fully saturated rings. The number of carbonyl (C=O) groups is 1. The Morgan fingerprint density at radius 1 is 1.03 bits per heavy atom. The number of hydrogen-bond acceptors (Lipinski definition) is 5. The molecule has 0 aliphatic carbocycles. The normalized spacial score (nSPS) is 14.8. The molecule has 0 amide bonds. The summed E-state index contributed by atoms with van der Waals surface area (Å²) in [4.78, 5) is 31.2. The first-order valence-corrected chi connectivity index (χ1v) is 11.8. The fourth-order valence-corrected chi connectivity index (χ4v) is 4.90. The highest BCUT2D eigenvalue weighted by molar-refractivity contribution is 5.94. The number of unbranched alkanes of at least 4 members (excludes halogenated alkanes) is 1. The van der Waals surface area contributed by atoms with Crippen molar-refractivity contribution < 1.29 is 14.3 Å². The highest BCUT2D eigenvalue weighted by atomic mass is 16.4. The number of H-pyrrole nitrogens is 1. The third kappa shape index (κ3) is 4.56. The van der Waals surface area contributed by atoms with E-state index in [1.807, 2.05) is 31.3 Å². The van der Waals surface area contributed by atoms with Crippen molar-refractivity contribution in [2.24, 2.45) is 0 Å². The number of carboxylic acid groups (broad SMARTS) is 1. The van der Waals surface area contributed by atoms with Crippen molar-refractivity contribution in [3.63, 3.8) is 0 Å². The summed E-state index contributed by atoms with van der Waals surface area (Å²) in [6, 6.07) is 12.9. The van der Waals surface area contributed by atoms with Gasteiger partial charge in [-0.05, 0) is 68.1 Å². The van der Waals surface area contributed by atoms with Gasteiger partial charge < -0.3 is 19.4 Å². The highest BCUT2D eigenvalue weighted by Crippen LogP contribution is 2.27. The van der Waals surface area contributed by atoms with Crippen molar-refractivity contribution >= 4 is 33.5 Å². The molecule has 176 valence electrons. The van der Waals surface area contributed by atoms with Gasteiger partial charge in [-0.25, -0.2) is 9.59 Å². The van der Waals surface area contributed by atoms with Crippen LogP contribution in [0.15, 0.2) is 57.9 Å². The Balaban J connectivity index is 1.14. The Bertz CT molecular complexity index is 1400. The Morgan fingerprint density at radius 3 is 2.62 bits per heavy atom. The van der Waals surface area contributed by atoms with Crippen LogP contribution in [-0.2, 0) is 6.42 Å². The largest absolute Gasteiger partial charge is 0.478 e. The summed E-state index contributed by atoms with van der Waals surface area (Å²) in [5.74, 6) is -0.905. The van der Waals surface area contributed by atoms with Crippen LogP contribution in [0.3, 0.4) is 0 Å². The van der Waals surface area contributed by atoms with Crippen LogP contribution in [0.4, 0.5) is 5.69 Å². The summed E-state index contributed by atoms with van der Waals surface area (Å²) in [6.45, 7) is 6.77. The van der Waals surface area contributed by atoms with Crippen LogP contribution in [0.5, 0.6) is 0 Å². The minimum Gasteiger partial charge on any atom is -0.478 e. The number of benzene rings is 2. The van der Waals surface area contributed by atoms with Gasteiger partial charge >= 0.3 is 11.6 Å². The number of fused-ring (bicyclic) bond motifs is 2. The number of nitrogens with zero attached hydrogens (tertiary/aromatic N) is 2. The van der Waals surface area contributed by atoms with Crippen LogP contribution in [0.2, 0.25) is 0 Å². The van der Waals surface area contributed by atoms with Gasteiger partial charge in [-0.15, -0.1) is 0 Å². The molecule has 0 spiro atoms. The molecule has 0 bridgehead atoms. The van der Waals surface area contributed by atoms with E-state index in [0.717, 1.165) is 79.5 Å². The third-order valence-corrected chi connectivity index (χ3v) is 6.78. The molecule has 0 atom stereocenters. The molecule has 1 aliphatic heterocycles. The number of carboxylic acids is 1. The number of aromatic carboxylic acids is 1. The van der Waals surface area contributed by atoms with Crippen LogP contribution in [0.1, 0.15) is 34.3 Å². The molecule has 2 aromatic carbocycles. The molecule has 7 nitrogen and oxygen atoms in total. The van der Waals surface area contributed by atoms with E-state index in [2.05, 4.69) is 20.9 Å². The quantitative estimate of drug-likeness (QED) is 0.314. The number of aromatic amines is 1. The Labute approximate surface area is 197 Å². The average molecular weight is 460 g/mol. The van der Waals surface area contributed by atoms with Crippen molar-refractivity contribution in [3.8, 4) is 0 Å². The Morgan fingerprint density at radius 2 is 1.82 bits per heavy atom. The SMILES string of the molecule is Cc1ccc2c(N3CCN(CCCCc4c[nH]c5cc(C(=O)O)ccc45)CC3)cc(=O)oc2c1. The van der Waals surface area contributed by atoms with Crippen LogP contribution in [0, 0.1) is 6.92 Å². The lowest BCUT2D eigenvalue weighted by Crippen LogP contribution is -2.46. The fraction of sp³-hybridized carbons (Fsp3) is 0.333. The predicted molar refractivity (Wildman–Crippen MR) is 134 cm³/mol. The highest BCUT2D eigenvalue weighted by Gasteiger charge is 2.20. The van der Waals surface area contributed by atoms with Crippen molar-refractivity contribution in [3.05, 3.63) is 75.8 Å². The van der Waals surface area contributed by atoms with Gasteiger partial charge in [0.15, 0.2) is 0 Å². The zero-order valence-electron chi connectivity index (χ0n) is 19.3. The van der Waals surface area contributed by atoms with Gasteiger partial charge in [-0.3, -0.25) is 4.90 Å². The van der Waals surface area contributed by atoms with Gasteiger partial charge in [0.2, 0.25) is 0 Å². The van der Waals surface area contributed by atoms with Gasteiger partial charge in [0.1, 0.15) is 5.58 Å². The topological polar surface area (TPSA) is 89.8 Å². The molecule has 0 radical (unpaired) electrons. The number of piperazine rings is 1. The maximum absolute atomic E-state index is 12.1. The van der Waals surface area contributed by atoms with E-state index in [4.69, 9.17) is 9.52 Å². The van der Waals surface area contributed by atoms with Crippen LogP contribution in [0.25, 0.3) is 21.9 Å². The molecule has 5 rings (SSSR count). The monoisotopic (exact) mass is 459 g/mol. The maximum atomic E-state index is 12.1. The first kappa shape index (κ1) is 22.2. The second-order valence-corrected chi connectivity index (χ2v) is 9.12. The van der Waals surface area contributed by atoms with Crippen molar-refractivity contribution in [2.45, 2.75) is 26.2 Å². The summed E-state index contributed by atoms with van der Waals surface area (Å²) < 4.78 is 5.41. The molecule has 0 saturated carbocycles. The van der Waals surface area contributed by atoms with Crippen molar-refractivity contribution in [1.82, 2.24) is 9.88 Å². The fourth-order valence-electron chi connectivity index (χ4n) is 4.90. The van der Waals surface area contributed by atoms with Gasteiger partial charge in [0.05, 0.1) is 11.3 Å². The average Bonchev–Trinajstić information content (AvgIpc) is 3.23. The molecule has 34 heavy (non-hydrogen) atoms. The molecule has 2 N–H and O–H groups in total. The molecule has 2 aromatic heterocycles. The zero-order valence-corrected chi connectivity index (χ0v) is 19.3. The van der Waals surface area contributed by atoms with Gasteiger partial charge in [-0.1, -0.05) is 12.1 Å². The van der Waals surface area contributed by atoms with Crippen molar-refractivity contribution in [2.75, 3.05) is 37.6 Å². The van der Waals surface area contributed by atoms with Crippen LogP contribution in [-0.4, -0.2) is 53.7 Å². The molecular weight excluding hydrogens is 430 g/mol. The number of nitrogens with one attached hydrogen (secondary N) is 1. The number of aromatic nitrogens is 1. The minimum atomic E-state index is -0.905. The number of rotatable bonds is 7. The number of hydrogen-bond donors (Lipinski definition) is 2. The summed E-state index contributed by atoms with van der Waals surface area (Å²) in [6.07, 6.45) is 5.16. The van der Waals surface area contributed by atoms with E-state index in [9.17, 15) is 9.59 Å². The molecule has 7 heteroatoms. The lowest BCUT2D eigenvalue weighted by molar-refractivity contribution is 0.0697. The van der Waals surface area contributed by atoms with Crippen LogP contribution < -0.4 is 10.5 Å². The summed E-state index contributed by atoms with van der Waals surface area (Å²) in [5, 5.41) is 11.3. The summed E-state index contributed by atoms with van der Waals surface area (Å²) in [7, 11) is 0. The lowest BCUT2D eigenvalue weighted by Gasteiger charge is -2.36. The molecule has 4 aromatic rings. The molecule has 3 heterocycles. The Hall–Kier alpha value is -3.58. The molecule has 1 saturated heterocycles. The number of aryl methyl sites for hydroxylation is 2. The van der Waals surface area contributed by atoms with E-state index >= 15 is 0 Å². The van der Waals surface area contributed by atoms with Gasteiger partial charge in [0, 0.05) is 54.7 Å². The first-order chi connectivity index (χ1) is 16.5. The predicted octanol–water partition coefficient (Wildman–Crippen LogP) is 4.43. The summed E-state index contributed by atoms with van der Waals surface area (Å²) in [5.41, 5.74) is 4.82. The second kappa shape index (κ2) is 9.35. The Kier molecular flexibility index (Phi) is 6.11. The molecule has 0 unspecified atom stereocenters. The zero-order chi connectivity index (χ0) is 23.7. The second-order valence-electron chi connectivity index (χ2n) is 9.12. The molecule has 1 aliphatic rings.